The van der Waals surface area contributed by atoms with E-state index in [1.54, 1.807) is 22.8 Å². The molecule has 8 nitrogen and oxygen atoms in total. The lowest BCUT2D eigenvalue weighted by molar-refractivity contribution is 0.0737. The second kappa shape index (κ2) is 9.46. The van der Waals surface area contributed by atoms with Crippen LogP contribution in [0.1, 0.15) is 37.0 Å². The Labute approximate surface area is 172 Å². The smallest absolute Gasteiger partial charge is 0.266 e. The molecule has 0 saturated heterocycles. The number of rotatable bonds is 3. The number of hydrogen-bond donors (Lipinski definition) is 2. The van der Waals surface area contributed by atoms with E-state index in [1.807, 2.05) is 31.2 Å². The third-order valence-electron chi connectivity index (χ3n) is 4.36. The Kier molecular flexibility index (Phi) is 6.76. The van der Waals surface area contributed by atoms with E-state index in [1.165, 1.54) is 18.4 Å². The van der Waals surface area contributed by atoms with Crippen molar-refractivity contribution in [3.63, 3.8) is 0 Å². The van der Waals surface area contributed by atoms with Gasteiger partial charge < -0.3 is 10.1 Å². The highest BCUT2D eigenvalue weighted by molar-refractivity contribution is 7.17. The summed E-state index contributed by atoms with van der Waals surface area (Å²) in [7, 11) is 1.43. The molecule has 2 N–H and O–H groups in total. The average molecular weight is 411 g/mol. The number of hydroxylamine groups is 1. The number of aryl methyl sites for hydroxylation is 1. The molecular formula is C20H21N5O3S. The zero-order chi connectivity index (χ0) is 20.8. The van der Waals surface area contributed by atoms with Crippen molar-refractivity contribution < 1.29 is 14.8 Å². The molecule has 0 fully saturated rings. The van der Waals surface area contributed by atoms with Crippen LogP contribution in [0.15, 0.2) is 36.7 Å². The molecular weight excluding hydrogens is 390 g/mol. The van der Waals surface area contributed by atoms with Gasteiger partial charge in [0.15, 0.2) is 6.29 Å². The van der Waals surface area contributed by atoms with Gasteiger partial charge in [0.05, 0.1) is 11.4 Å². The summed E-state index contributed by atoms with van der Waals surface area (Å²) < 4.78 is 0. The number of pyridine rings is 2. The lowest BCUT2D eigenvalue weighted by Gasteiger charge is -2.28. The van der Waals surface area contributed by atoms with E-state index < -0.39 is 0 Å². The number of carbonyl (C=O) groups is 2. The first-order valence-corrected chi connectivity index (χ1v) is 9.81. The standard InChI is InChI=1S/C19H16N4O2S.CH5NO/c1-12-17(26-18(22-12)16-4-2-3-6-20-16)19(25)23-7-5-15-14(10-23)8-13(11-24)9-21-15;1-2-3/h2-4,6,8-9,11H,5,7,10H2,1H3;2-3H,1H3. The fourth-order valence-electron chi connectivity index (χ4n) is 3.02. The van der Waals surface area contributed by atoms with Gasteiger partial charge in [0.1, 0.15) is 9.88 Å². The van der Waals surface area contributed by atoms with Gasteiger partial charge in [-0.05, 0) is 30.7 Å². The first-order chi connectivity index (χ1) is 14.1. The van der Waals surface area contributed by atoms with Gasteiger partial charge in [-0.2, -0.15) is 0 Å². The third-order valence-corrected chi connectivity index (χ3v) is 5.53. The molecule has 0 bridgehead atoms. The second-order valence-corrected chi connectivity index (χ2v) is 7.34. The minimum absolute atomic E-state index is 0.0377. The Morgan fingerprint density at radius 3 is 2.83 bits per heavy atom. The molecule has 0 aromatic carbocycles. The summed E-state index contributed by atoms with van der Waals surface area (Å²) in [5, 5.41) is 8.06. The van der Waals surface area contributed by atoms with Crippen molar-refractivity contribution in [3.05, 3.63) is 64.1 Å². The van der Waals surface area contributed by atoms with Crippen molar-refractivity contribution >= 4 is 23.5 Å². The Morgan fingerprint density at radius 2 is 2.14 bits per heavy atom. The second-order valence-electron chi connectivity index (χ2n) is 6.34. The molecule has 150 valence electrons. The third kappa shape index (κ3) is 4.70. The predicted octanol–water partition coefficient (Wildman–Crippen LogP) is 2.51. The van der Waals surface area contributed by atoms with Gasteiger partial charge in [0.2, 0.25) is 0 Å². The fourth-order valence-corrected chi connectivity index (χ4v) is 4.03. The summed E-state index contributed by atoms with van der Waals surface area (Å²) in [5.74, 6) is -0.0377. The highest BCUT2D eigenvalue weighted by atomic mass is 32.1. The Hall–Kier alpha value is -3.01. The van der Waals surface area contributed by atoms with E-state index in [0.29, 0.717) is 35.6 Å². The van der Waals surface area contributed by atoms with Crippen LogP contribution >= 0.6 is 11.3 Å². The SMILES string of the molecule is CNO.Cc1nc(-c2ccccn2)sc1C(=O)N1CCc2ncc(C=O)cc2C1. The maximum Gasteiger partial charge on any atom is 0.266 e. The minimum atomic E-state index is -0.0377. The van der Waals surface area contributed by atoms with Crippen LogP contribution in [0.2, 0.25) is 0 Å². The highest BCUT2D eigenvalue weighted by Gasteiger charge is 2.26. The van der Waals surface area contributed by atoms with Gasteiger partial charge in [-0.25, -0.2) is 10.5 Å². The van der Waals surface area contributed by atoms with E-state index in [0.717, 1.165) is 28.2 Å². The maximum atomic E-state index is 13.0. The number of aldehydes is 1. The van der Waals surface area contributed by atoms with Gasteiger partial charge in [-0.3, -0.25) is 19.6 Å². The fraction of sp³-hybridized carbons (Fsp3) is 0.250. The zero-order valence-electron chi connectivity index (χ0n) is 16.1. The van der Waals surface area contributed by atoms with E-state index in [4.69, 9.17) is 5.21 Å². The van der Waals surface area contributed by atoms with E-state index in [-0.39, 0.29) is 5.91 Å². The molecule has 0 unspecified atom stereocenters. The van der Waals surface area contributed by atoms with E-state index in [2.05, 4.69) is 15.0 Å². The number of thiazole rings is 1. The monoisotopic (exact) mass is 411 g/mol. The zero-order valence-corrected chi connectivity index (χ0v) is 16.9. The molecule has 0 spiro atoms. The molecule has 3 aromatic heterocycles. The van der Waals surface area contributed by atoms with Crippen molar-refractivity contribution in [2.24, 2.45) is 0 Å². The minimum Gasteiger partial charge on any atom is -0.333 e. The van der Waals surface area contributed by atoms with Gasteiger partial charge in [-0.15, -0.1) is 11.3 Å². The molecule has 1 amide bonds. The number of amides is 1. The number of fused-ring (bicyclic) bond motifs is 1. The first kappa shape index (κ1) is 20.7. The van der Waals surface area contributed by atoms with E-state index in [9.17, 15) is 9.59 Å². The van der Waals surface area contributed by atoms with Gasteiger partial charge in [-0.1, -0.05) is 6.07 Å². The molecule has 4 heterocycles. The average Bonchev–Trinajstić information content (AvgIpc) is 3.15. The van der Waals surface area contributed by atoms with Crippen molar-refractivity contribution in [3.8, 4) is 10.7 Å². The lowest BCUT2D eigenvalue weighted by Crippen LogP contribution is -2.36. The summed E-state index contributed by atoms with van der Waals surface area (Å²) in [6, 6.07) is 7.45. The van der Waals surface area contributed by atoms with Crippen LogP contribution in [0.4, 0.5) is 0 Å². The topological polar surface area (TPSA) is 108 Å². The molecule has 0 aliphatic carbocycles. The maximum absolute atomic E-state index is 13.0. The molecule has 9 heteroatoms. The molecule has 29 heavy (non-hydrogen) atoms. The van der Waals surface area contributed by atoms with Crippen LogP contribution < -0.4 is 5.48 Å². The summed E-state index contributed by atoms with van der Waals surface area (Å²) in [4.78, 5) is 39.6. The van der Waals surface area contributed by atoms with Crippen LogP contribution in [-0.2, 0) is 13.0 Å². The summed E-state index contributed by atoms with van der Waals surface area (Å²) in [6.07, 6.45) is 4.76. The van der Waals surface area contributed by atoms with Crippen LogP contribution in [0, 0.1) is 6.92 Å². The Bertz CT molecular complexity index is 1010. The predicted molar refractivity (Wildman–Crippen MR) is 109 cm³/mol. The molecule has 0 saturated carbocycles. The molecule has 1 aliphatic heterocycles. The van der Waals surface area contributed by atoms with Crippen molar-refractivity contribution in [1.82, 2.24) is 25.3 Å². The quantitative estimate of drug-likeness (QED) is 0.503. The molecule has 1 aliphatic rings. The highest BCUT2D eigenvalue weighted by Crippen LogP contribution is 2.29. The normalized spacial score (nSPS) is 12.6. The van der Waals surface area contributed by atoms with Gasteiger partial charge in [0.25, 0.3) is 5.91 Å². The Morgan fingerprint density at radius 1 is 1.34 bits per heavy atom. The van der Waals surface area contributed by atoms with Crippen molar-refractivity contribution in [2.75, 3.05) is 13.6 Å². The van der Waals surface area contributed by atoms with Crippen molar-refractivity contribution in [2.45, 2.75) is 19.9 Å². The summed E-state index contributed by atoms with van der Waals surface area (Å²) in [6.45, 7) is 2.91. The summed E-state index contributed by atoms with van der Waals surface area (Å²) >= 11 is 1.37. The lowest BCUT2D eigenvalue weighted by atomic mass is 10.0. The molecule has 4 rings (SSSR count). The number of hydrogen-bond acceptors (Lipinski definition) is 8. The molecule has 3 aromatic rings. The van der Waals surface area contributed by atoms with Crippen LogP contribution in [0.5, 0.6) is 0 Å². The first-order valence-electron chi connectivity index (χ1n) is 8.99. The van der Waals surface area contributed by atoms with Crippen LogP contribution in [0.3, 0.4) is 0 Å². The van der Waals surface area contributed by atoms with E-state index >= 15 is 0 Å². The summed E-state index contributed by atoms with van der Waals surface area (Å²) in [5.41, 5.74) is 5.65. The van der Waals surface area contributed by atoms with Crippen LogP contribution in [0.25, 0.3) is 10.7 Å². The largest absolute Gasteiger partial charge is 0.333 e. The number of aromatic nitrogens is 3. The molecule has 0 atom stereocenters. The number of carbonyl (C=O) groups excluding carboxylic acids is 2. The van der Waals surface area contributed by atoms with Crippen molar-refractivity contribution in [1.29, 1.82) is 0 Å². The number of nitrogens with zero attached hydrogens (tertiary/aromatic N) is 4. The van der Waals surface area contributed by atoms with Crippen LogP contribution in [-0.4, -0.2) is 50.8 Å². The molecule has 0 radical (unpaired) electrons. The number of nitrogens with one attached hydrogen (secondary N) is 1. The van der Waals surface area contributed by atoms with Gasteiger partial charge in [0, 0.05) is 50.2 Å². The van der Waals surface area contributed by atoms with Gasteiger partial charge >= 0.3 is 0 Å². The Balaban J connectivity index is 0.000000755.